The number of furan rings is 1. The van der Waals surface area contributed by atoms with Gasteiger partial charge in [0.2, 0.25) is 10.0 Å². The number of nitrogens with zero attached hydrogens (tertiary/aromatic N) is 2. The number of sulfonamides is 1. The van der Waals surface area contributed by atoms with Crippen LogP contribution in [0.2, 0.25) is 0 Å². The van der Waals surface area contributed by atoms with E-state index in [4.69, 9.17) is 9.15 Å². The van der Waals surface area contributed by atoms with E-state index in [1.54, 1.807) is 55.8 Å². The Hall–Kier alpha value is -2.75. The Morgan fingerprint density at radius 2 is 2.07 bits per heavy atom. The largest absolute Gasteiger partial charge is 0.449 e. The van der Waals surface area contributed by atoms with E-state index in [9.17, 15) is 13.2 Å². The van der Waals surface area contributed by atoms with Gasteiger partial charge in [-0.15, -0.1) is 0 Å². The van der Waals surface area contributed by atoms with Crippen molar-refractivity contribution in [2.24, 2.45) is 0 Å². The van der Waals surface area contributed by atoms with Gasteiger partial charge in [-0.25, -0.2) is 13.1 Å². The molecule has 9 heteroatoms. The lowest BCUT2D eigenvalue weighted by Gasteiger charge is -2.23. The number of nitrogens with one attached hydrogen (secondary N) is 1. The lowest BCUT2D eigenvalue weighted by molar-refractivity contribution is 0.0756. The van der Waals surface area contributed by atoms with Crippen molar-refractivity contribution >= 4 is 26.9 Å². The molecule has 1 unspecified atom stereocenters. The summed E-state index contributed by atoms with van der Waals surface area (Å²) in [4.78, 5) is 18.4. The summed E-state index contributed by atoms with van der Waals surface area (Å²) in [6, 6.07) is 9.77. The van der Waals surface area contributed by atoms with Gasteiger partial charge in [-0.3, -0.25) is 9.78 Å². The average molecular weight is 429 g/mol. The lowest BCUT2D eigenvalue weighted by Crippen LogP contribution is -2.40. The number of pyridine rings is 1. The van der Waals surface area contributed by atoms with Gasteiger partial charge < -0.3 is 14.1 Å². The summed E-state index contributed by atoms with van der Waals surface area (Å²) in [5.74, 6) is -0.0273. The minimum Gasteiger partial charge on any atom is -0.449 e. The molecule has 3 aromatic rings. The van der Waals surface area contributed by atoms with Crippen LogP contribution in [-0.2, 0) is 21.3 Å². The summed E-state index contributed by atoms with van der Waals surface area (Å²) in [5, 5.41) is 0.812. The van der Waals surface area contributed by atoms with E-state index in [2.05, 4.69) is 9.71 Å². The minimum atomic E-state index is -3.61. The molecule has 1 aliphatic heterocycles. The predicted octanol–water partition coefficient (Wildman–Crippen LogP) is 2.56. The predicted molar refractivity (Wildman–Crippen MR) is 110 cm³/mol. The maximum Gasteiger partial charge on any atom is 0.289 e. The van der Waals surface area contributed by atoms with Crippen molar-refractivity contribution in [1.82, 2.24) is 14.6 Å². The number of carbonyl (C=O) groups is 1. The molecule has 1 aromatic carbocycles. The van der Waals surface area contributed by atoms with Crippen LogP contribution in [0.15, 0.2) is 58.1 Å². The molecule has 3 heterocycles. The second-order valence-corrected chi connectivity index (χ2v) is 9.08. The van der Waals surface area contributed by atoms with Crippen LogP contribution in [0.5, 0.6) is 0 Å². The summed E-state index contributed by atoms with van der Waals surface area (Å²) in [6.45, 7) is 1.38. The van der Waals surface area contributed by atoms with E-state index >= 15 is 0 Å². The van der Waals surface area contributed by atoms with Crippen LogP contribution in [-0.4, -0.2) is 50.5 Å². The number of fused-ring (bicyclic) bond motifs is 1. The van der Waals surface area contributed by atoms with Gasteiger partial charge in [-0.05, 0) is 42.7 Å². The third-order valence-corrected chi connectivity index (χ3v) is 6.55. The Morgan fingerprint density at radius 3 is 2.77 bits per heavy atom. The number of rotatable bonds is 6. The van der Waals surface area contributed by atoms with Crippen molar-refractivity contribution in [3.05, 3.63) is 60.1 Å². The van der Waals surface area contributed by atoms with Crippen LogP contribution in [0.3, 0.4) is 0 Å². The fraction of sp³-hybridized carbons (Fsp3) is 0.333. The van der Waals surface area contributed by atoms with E-state index in [-0.39, 0.29) is 22.6 Å². The molecular weight excluding hydrogens is 406 g/mol. The first-order valence-electron chi connectivity index (χ1n) is 9.70. The van der Waals surface area contributed by atoms with Crippen molar-refractivity contribution in [3.63, 3.8) is 0 Å². The standard InChI is InChI=1S/C21H23N3O5S/c1-24(21(25)19-11-16-8-9-22-12-20(16)29-19)13-15-4-6-18(7-5-15)30(26,27)23-17-3-2-10-28-14-17/h4-9,11-12,17,23H,2-3,10,13-14H2,1H3. The summed E-state index contributed by atoms with van der Waals surface area (Å²) < 4.78 is 38.7. The van der Waals surface area contributed by atoms with Gasteiger partial charge in [-0.1, -0.05) is 12.1 Å². The highest BCUT2D eigenvalue weighted by molar-refractivity contribution is 7.89. The smallest absolute Gasteiger partial charge is 0.289 e. The number of amides is 1. The Labute approximate surface area is 174 Å². The first-order chi connectivity index (χ1) is 14.4. The molecule has 8 nitrogen and oxygen atoms in total. The zero-order valence-corrected chi connectivity index (χ0v) is 17.4. The maximum absolute atomic E-state index is 12.7. The molecule has 1 saturated heterocycles. The van der Waals surface area contributed by atoms with Crippen LogP contribution in [0.4, 0.5) is 0 Å². The van der Waals surface area contributed by atoms with Gasteiger partial charge in [0.25, 0.3) is 5.91 Å². The lowest BCUT2D eigenvalue weighted by atomic mass is 10.1. The third-order valence-electron chi connectivity index (χ3n) is 5.02. The summed E-state index contributed by atoms with van der Waals surface area (Å²) >= 11 is 0. The Balaban J connectivity index is 1.41. The zero-order chi connectivity index (χ0) is 21.1. The van der Waals surface area contributed by atoms with Crippen LogP contribution in [0, 0.1) is 0 Å². The normalized spacial score (nSPS) is 17.2. The van der Waals surface area contributed by atoms with Gasteiger partial charge in [0.1, 0.15) is 0 Å². The first kappa shape index (κ1) is 20.5. The average Bonchev–Trinajstić information content (AvgIpc) is 3.18. The number of hydrogen-bond donors (Lipinski definition) is 1. The molecule has 158 valence electrons. The van der Waals surface area contributed by atoms with E-state index in [0.717, 1.165) is 23.8 Å². The fourth-order valence-corrected chi connectivity index (χ4v) is 4.67. The van der Waals surface area contributed by atoms with E-state index in [1.807, 2.05) is 0 Å². The fourth-order valence-electron chi connectivity index (χ4n) is 3.42. The van der Waals surface area contributed by atoms with Crippen LogP contribution in [0.25, 0.3) is 11.0 Å². The number of hydrogen-bond acceptors (Lipinski definition) is 6. The topological polar surface area (TPSA) is 102 Å². The molecule has 1 amide bonds. The zero-order valence-electron chi connectivity index (χ0n) is 16.6. The van der Waals surface area contributed by atoms with Crippen molar-refractivity contribution in [1.29, 1.82) is 0 Å². The molecule has 0 radical (unpaired) electrons. The summed E-state index contributed by atoms with van der Waals surface area (Å²) in [7, 11) is -1.94. The van der Waals surface area contributed by atoms with Crippen LogP contribution in [0.1, 0.15) is 29.0 Å². The second kappa shape index (κ2) is 8.55. The third kappa shape index (κ3) is 4.53. The molecule has 30 heavy (non-hydrogen) atoms. The molecule has 0 spiro atoms. The van der Waals surface area contributed by atoms with Gasteiger partial charge >= 0.3 is 0 Å². The Bertz CT molecular complexity index is 1100. The summed E-state index contributed by atoms with van der Waals surface area (Å²) in [5.41, 5.74) is 1.36. The van der Waals surface area contributed by atoms with Crippen molar-refractivity contribution < 1.29 is 22.4 Å². The van der Waals surface area contributed by atoms with E-state index < -0.39 is 10.0 Å². The molecule has 1 aliphatic rings. The van der Waals surface area contributed by atoms with Gasteiger partial charge in [0, 0.05) is 37.8 Å². The summed E-state index contributed by atoms with van der Waals surface area (Å²) in [6.07, 6.45) is 4.82. The highest BCUT2D eigenvalue weighted by atomic mass is 32.2. The molecule has 2 aromatic heterocycles. The Morgan fingerprint density at radius 1 is 1.27 bits per heavy atom. The van der Waals surface area contributed by atoms with Gasteiger partial charge in [0.05, 0.1) is 17.7 Å². The first-order valence-corrected chi connectivity index (χ1v) is 11.2. The molecule has 1 atom stereocenters. The monoisotopic (exact) mass is 429 g/mol. The molecular formula is C21H23N3O5S. The second-order valence-electron chi connectivity index (χ2n) is 7.36. The van der Waals surface area contributed by atoms with Crippen molar-refractivity contribution in [2.75, 3.05) is 20.3 Å². The van der Waals surface area contributed by atoms with E-state index in [1.165, 1.54) is 4.90 Å². The van der Waals surface area contributed by atoms with Crippen molar-refractivity contribution in [2.45, 2.75) is 30.3 Å². The maximum atomic E-state index is 12.7. The molecule has 1 fully saturated rings. The molecule has 0 saturated carbocycles. The minimum absolute atomic E-state index is 0.190. The molecule has 1 N–H and O–H groups in total. The van der Waals surface area contributed by atoms with Crippen molar-refractivity contribution in [3.8, 4) is 0 Å². The number of aromatic nitrogens is 1. The molecule has 4 rings (SSSR count). The quantitative estimate of drug-likeness (QED) is 0.646. The van der Waals surface area contributed by atoms with Crippen LogP contribution >= 0.6 is 0 Å². The van der Waals surface area contributed by atoms with Gasteiger partial charge in [0.15, 0.2) is 11.3 Å². The number of ether oxygens (including phenoxy) is 1. The SMILES string of the molecule is CN(Cc1ccc(S(=O)(=O)NC2CCCOC2)cc1)C(=O)c1cc2ccncc2o1. The molecule has 0 bridgehead atoms. The van der Waals surface area contributed by atoms with E-state index in [0.29, 0.717) is 25.3 Å². The van der Waals surface area contributed by atoms with Gasteiger partial charge in [-0.2, -0.15) is 0 Å². The molecule has 0 aliphatic carbocycles. The Kier molecular flexibility index (Phi) is 5.85. The highest BCUT2D eigenvalue weighted by Gasteiger charge is 2.22. The van der Waals surface area contributed by atoms with Crippen LogP contribution < -0.4 is 4.72 Å². The highest BCUT2D eigenvalue weighted by Crippen LogP contribution is 2.20. The number of carbonyl (C=O) groups excluding carboxylic acids is 1. The number of benzene rings is 1.